The van der Waals surface area contributed by atoms with Crippen molar-refractivity contribution >= 4 is 11.3 Å². The van der Waals surface area contributed by atoms with Crippen LogP contribution in [0.5, 0.6) is 5.75 Å². The van der Waals surface area contributed by atoms with Crippen LogP contribution in [-0.4, -0.2) is 19.2 Å². The first-order chi connectivity index (χ1) is 9.34. The summed E-state index contributed by atoms with van der Waals surface area (Å²) in [5.74, 6) is 0.953. The maximum Gasteiger partial charge on any atom is 0.119 e. The Kier molecular flexibility index (Phi) is 5.92. The summed E-state index contributed by atoms with van der Waals surface area (Å²) < 4.78 is 5.66. The molecule has 1 unspecified atom stereocenters. The molecule has 102 valence electrons. The van der Waals surface area contributed by atoms with E-state index in [0.29, 0.717) is 6.04 Å². The molecule has 3 heteroatoms. The number of benzene rings is 1. The van der Waals surface area contributed by atoms with Gasteiger partial charge in [-0.1, -0.05) is 18.2 Å². The highest BCUT2D eigenvalue weighted by molar-refractivity contribution is 7.07. The lowest BCUT2D eigenvalue weighted by molar-refractivity contribution is 0.305. The maximum atomic E-state index is 5.66. The minimum absolute atomic E-state index is 0.520. The van der Waals surface area contributed by atoms with Crippen LogP contribution in [0.25, 0.3) is 0 Å². The lowest BCUT2D eigenvalue weighted by Gasteiger charge is -2.13. The first-order valence-corrected chi connectivity index (χ1v) is 7.71. The minimum Gasteiger partial charge on any atom is -0.494 e. The van der Waals surface area contributed by atoms with Crippen molar-refractivity contribution in [2.75, 3.05) is 13.2 Å². The lowest BCUT2D eigenvalue weighted by Crippen LogP contribution is -2.29. The van der Waals surface area contributed by atoms with Crippen molar-refractivity contribution in [3.63, 3.8) is 0 Å². The number of thiophene rings is 1. The number of para-hydroxylation sites is 1. The second kappa shape index (κ2) is 7.97. The number of hydrogen-bond acceptors (Lipinski definition) is 3. The Morgan fingerprint density at radius 2 is 2.05 bits per heavy atom. The molecule has 0 aliphatic rings. The van der Waals surface area contributed by atoms with Gasteiger partial charge < -0.3 is 10.1 Å². The highest BCUT2D eigenvalue weighted by Crippen LogP contribution is 2.09. The summed E-state index contributed by atoms with van der Waals surface area (Å²) in [6.45, 7) is 4.00. The van der Waals surface area contributed by atoms with E-state index in [1.807, 2.05) is 30.3 Å². The summed E-state index contributed by atoms with van der Waals surface area (Å²) in [7, 11) is 0. The average Bonchev–Trinajstić information content (AvgIpc) is 2.92. The van der Waals surface area contributed by atoms with Gasteiger partial charge in [0.25, 0.3) is 0 Å². The van der Waals surface area contributed by atoms with Gasteiger partial charge in [-0.05, 0) is 60.8 Å². The van der Waals surface area contributed by atoms with Crippen LogP contribution in [0.2, 0.25) is 0 Å². The van der Waals surface area contributed by atoms with E-state index in [9.17, 15) is 0 Å². The van der Waals surface area contributed by atoms with Crippen LogP contribution in [0, 0.1) is 0 Å². The monoisotopic (exact) mass is 275 g/mol. The summed E-state index contributed by atoms with van der Waals surface area (Å²) in [6.07, 6.45) is 2.13. The SMILES string of the molecule is CC(Cc1ccsc1)NCCCOc1ccccc1. The van der Waals surface area contributed by atoms with E-state index in [-0.39, 0.29) is 0 Å². The number of ether oxygens (including phenoxy) is 1. The Morgan fingerprint density at radius 1 is 1.21 bits per heavy atom. The second-order valence-corrected chi connectivity index (χ2v) is 5.49. The number of rotatable bonds is 8. The van der Waals surface area contributed by atoms with Gasteiger partial charge in [-0.25, -0.2) is 0 Å². The van der Waals surface area contributed by atoms with E-state index in [1.54, 1.807) is 11.3 Å². The van der Waals surface area contributed by atoms with Crippen molar-refractivity contribution in [2.45, 2.75) is 25.8 Å². The summed E-state index contributed by atoms with van der Waals surface area (Å²) in [4.78, 5) is 0. The molecule has 0 aliphatic carbocycles. The fourth-order valence-corrected chi connectivity index (χ4v) is 2.64. The Labute approximate surface area is 119 Å². The molecular weight excluding hydrogens is 254 g/mol. The van der Waals surface area contributed by atoms with Crippen LogP contribution in [0.15, 0.2) is 47.2 Å². The zero-order chi connectivity index (χ0) is 13.3. The Balaban J connectivity index is 1.54. The molecule has 1 N–H and O–H groups in total. The first-order valence-electron chi connectivity index (χ1n) is 6.77. The molecule has 0 amide bonds. The smallest absolute Gasteiger partial charge is 0.119 e. The molecule has 1 aromatic carbocycles. The average molecular weight is 275 g/mol. The van der Waals surface area contributed by atoms with Gasteiger partial charge in [0.2, 0.25) is 0 Å². The van der Waals surface area contributed by atoms with Crippen molar-refractivity contribution in [1.29, 1.82) is 0 Å². The fourth-order valence-electron chi connectivity index (χ4n) is 1.96. The van der Waals surface area contributed by atoms with Crippen molar-refractivity contribution in [3.8, 4) is 5.75 Å². The number of hydrogen-bond donors (Lipinski definition) is 1. The van der Waals surface area contributed by atoms with E-state index in [2.05, 4.69) is 29.1 Å². The normalized spacial score (nSPS) is 12.3. The zero-order valence-electron chi connectivity index (χ0n) is 11.3. The molecule has 0 spiro atoms. The van der Waals surface area contributed by atoms with Crippen LogP contribution >= 0.6 is 11.3 Å². The second-order valence-electron chi connectivity index (χ2n) is 4.71. The van der Waals surface area contributed by atoms with E-state index >= 15 is 0 Å². The molecule has 0 saturated carbocycles. The Hall–Kier alpha value is -1.32. The predicted molar refractivity (Wildman–Crippen MR) is 82.0 cm³/mol. The van der Waals surface area contributed by atoms with Crippen LogP contribution in [-0.2, 0) is 6.42 Å². The van der Waals surface area contributed by atoms with Gasteiger partial charge in [0.05, 0.1) is 6.61 Å². The highest BCUT2D eigenvalue weighted by Gasteiger charge is 2.02. The van der Waals surface area contributed by atoms with Gasteiger partial charge in [-0.15, -0.1) is 0 Å². The molecule has 0 radical (unpaired) electrons. The maximum absolute atomic E-state index is 5.66. The summed E-state index contributed by atoms with van der Waals surface area (Å²) in [5.41, 5.74) is 1.42. The van der Waals surface area contributed by atoms with Gasteiger partial charge in [0.1, 0.15) is 5.75 Å². The first kappa shape index (κ1) is 14.1. The van der Waals surface area contributed by atoms with E-state index in [0.717, 1.165) is 31.7 Å². The fraction of sp³-hybridized carbons (Fsp3) is 0.375. The van der Waals surface area contributed by atoms with Crippen LogP contribution in [0.3, 0.4) is 0 Å². The molecule has 1 atom stereocenters. The third-order valence-corrected chi connectivity index (χ3v) is 3.68. The lowest BCUT2D eigenvalue weighted by atomic mass is 10.1. The van der Waals surface area contributed by atoms with Crippen LogP contribution < -0.4 is 10.1 Å². The van der Waals surface area contributed by atoms with E-state index in [1.165, 1.54) is 5.56 Å². The van der Waals surface area contributed by atoms with Crippen molar-refractivity contribution < 1.29 is 4.74 Å². The molecule has 2 aromatic rings. The molecule has 1 heterocycles. The number of nitrogens with one attached hydrogen (secondary N) is 1. The summed E-state index contributed by atoms with van der Waals surface area (Å²) >= 11 is 1.76. The van der Waals surface area contributed by atoms with Crippen LogP contribution in [0.1, 0.15) is 18.9 Å². The molecule has 19 heavy (non-hydrogen) atoms. The Bertz CT molecular complexity index is 441. The standard InChI is InChI=1S/C16H21NOS/c1-14(12-15-8-11-19-13-15)17-9-5-10-18-16-6-3-2-4-7-16/h2-4,6-8,11,13-14,17H,5,9-10,12H2,1H3. The Morgan fingerprint density at radius 3 is 2.79 bits per heavy atom. The predicted octanol–water partition coefficient (Wildman–Crippen LogP) is 3.74. The van der Waals surface area contributed by atoms with Gasteiger partial charge in [-0.2, -0.15) is 11.3 Å². The molecule has 0 fully saturated rings. The van der Waals surface area contributed by atoms with E-state index < -0.39 is 0 Å². The van der Waals surface area contributed by atoms with Crippen molar-refractivity contribution in [3.05, 3.63) is 52.7 Å². The van der Waals surface area contributed by atoms with Gasteiger partial charge >= 0.3 is 0 Å². The molecule has 0 bridgehead atoms. The van der Waals surface area contributed by atoms with Gasteiger partial charge in [-0.3, -0.25) is 0 Å². The molecule has 0 saturated heterocycles. The molecule has 2 rings (SSSR count). The largest absolute Gasteiger partial charge is 0.494 e. The van der Waals surface area contributed by atoms with Crippen molar-refractivity contribution in [2.24, 2.45) is 0 Å². The molecular formula is C16H21NOS. The topological polar surface area (TPSA) is 21.3 Å². The van der Waals surface area contributed by atoms with Crippen LogP contribution in [0.4, 0.5) is 0 Å². The summed E-state index contributed by atoms with van der Waals surface area (Å²) in [5, 5.41) is 7.89. The summed E-state index contributed by atoms with van der Waals surface area (Å²) in [6, 6.07) is 12.7. The molecule has 1 aromatic heterocycles. The molecule has 2 nitrogen and oxygen atoms in total. The third-order valence-electron chi connectivity index (χ3n) is 2.95. The minimum atomic E-state index is 0.520. The highest BCUT2D eigenvalue weighted by atomic mass is 32.1. The van der Waals surface area contributed by atoms with Gasteiger partial charge in [0, 0.05) is 6.04 Å². The molecule has 0 aliphatic heterocycles. The van der Waals surface area contributed by atoms with Crippen molar-refractivity contribution in [1.82, 2.24) is 5.32 Å². The third kappa shape index (κ3) is 5.45. The van der Waals surface area contributed by atoms with E-state index in [4.69, 9.17) is 4.74 Å². The quantitative estimate of drug-likeness (QED) is 0.741. The van der Waals surface area contributed by atoms with Gasteiger partial charge in [0.15, 0.2) is 0 Å². The zero-order valence-corrected chi connectivity index (χ0v) is 12.2.